The lowest BCUT2D eigenvalue weighted by Gasteiger charge is -2.11. The van der Waals surface area contributed by atoms with E-state index in [-0.39, 0.29) is 0 Å². The molecule has 5 heteroatoms. The van der Waals surface area contributed by atoms with E-state index in [1.54, 1.807) is 7.11 Å². The number of rotatable bonds is 8. The molecule has 0 aliphatic heterocycles. The van der Waals surface area contributed by atoms with Gasteiger partial charge in [-0.3, -0.25) is 4.99 Å². The van der Waals surface area contributed by atoms with Gasteiger partial charge in [-0.05, 0) is 43.2 Å². The van der Waals surface area contributed by atoms with Crippen molar-refractivity contribution in [3.8, 4) is 5.75 Å². The van der Waals surface area contributed by atoms with Crippen LogP contribution in [-0.4, -0.2) is 37.3 Å². The largest absolute Gasteiger partial charge is 0.497 e. The van der Waals surface area contributed by atoms with Crippen LogP contribution in [0, 0.1) is 0 Å². The SMILES string of the molecule is CCNC(=NCCc1ccc(OC)cc1)NCCn1cccc1. The predicted octanol–water partition coefficient (Wildman–Crippen LogP) is 2.29. The third-order valence-electron chi connectivity index (χ3n) is 3.50. The van der Waals surface area contributed by atoms with Crippen molar-refractivity contribution >= 4 is 5.96 Å². The number of guanidine groups is 1. The summed E-state index contributed by atoms with van der Waals surface area (Å²) in [5, 5.41) is 6.64. The molecule has 0 bridgehead atoms. The van der Waals surface area contributed by atoms with Gasteiger partial charge >= 0.3 is 0 Å². The number of nitrogens with one attached hydrogen (secondary N) is 2. The Balaban J connectivity index is 1.77. The van der Waals surface area contributed by atoms with Gasteiger partial charge in [0.2, 0.25) is 0 Å². The summed E-state index contributed by atoms with van der Waals surface area (Å²) in [7, 11) is 1.68. The third-order valence-corrected chi connectivity index (χ3v) is 3.50. The molecular formula is C18H26N4O. The molecule has 1 aromatic heterocycles. The van der Waals surface area contributed by atoms with Crippen LogP contribution in [0.4, 0.5) is 0 Å². The first-order valence-electron chi connectivity index (χ1n) is 8.07. The van der Waals surface area contributed by atoms with Crippen LogP contribution < -0.4 is 15.4 Å². The second kappa shape index (κ2) is 9.56. The van der Waals surface area contributed by atoms with E-state index in [4.69, 9.17) is 4.74 Å². The first-order valence-corrected chi connectivity index (χ1v) is 8.07. The number of benzene rings is 1. The quantitative estimate of drug-likeness (QED) is 0.581. The molecule has 124 valence electrons. The van der Waals surface area contributed by atoms with Gasteiger partial charge in [0.25, 0.3) is 0 Å². The predicted molar refractivity (Wildman–Crippen MR) is 95.1 cm³/mol. The molecule has 0 spiro atoms. The normalized spacial score (nSPS) is 11.3. The highest BCUT2D eigenvalue weighted by atomic mass is 16.5. The Bertz CT molecular complexity index is 576. The van der Waals surface area contributed by atoms with E-state index in [0.29, 0.717) is 0 Å². The topological polar surface area (TPSA) is 50.6 Å². The Morgan fingerprint density at radius 2 is 1.87 bits per heavy atom. The van der Waals surface area contributed by atoms with Gasteiger partial charge in [-0.25, -0.2) is 0 Å². The number of ether oxygens (including phenoxy) is 1. The molecule has 2 N–H and O–H groups in total. The van der Waals surface area contributed by atoms with Crippen molar-refractivity contribution in [3.05, 3.63) is 54.4 Å². The van der Waals surface area contributed by atoms with Crippen molar-refractivity contribution in [2.75, 3.05) is 26.7 Å². The Kier molecular flexibility index (Phi) is 7.04. The summed E-state index contributed by atoms with van der Waals surface area (Å²) in [5.41, 5.74) is 1.26. The molecule has 2 aromatic rings. The van der Waals surface area contributed by atoms with Gasteiger partial charge in [-0.2, -0.15) is 0 Å². The van der Waals surface area contributed by atoms with E-state index in [2.05, 4.69) is 51.6 Å². The summed E-state index contributed by atoms with van der Waals surface area (Å²) in [5.74, 6) is 1.76. The van der Waals surface area contributed by atoms with Crippen molar-refractivity contribution in [2.24, 2.45) is 4.99 Å². The molecule has 0 atom stereocenters. The summed E-state index contributed by atoms with van der Waals surface area (Å²) < 4.78 is 7.32. The fraction of sp³-hybridized carbons (Fsp3) is 0.389. The number of hydrogen-bond donors (Lipinski definition) is 2. The highest BCUT2D eigenvalue weighted by Crippen LogP contribution is 2.11. The van der Waals surface area contributed by atoms with Crippen molar-refractivity contribution in [2.45, 2.75) is 19.9 Å². The Morgan fingerprint density at radius 3 is 2.52 bits per heavy atom. The standard InChI is InChI=1S/C18H26N4O/c1-3-19-18(21-12-15-22-13-4-5-14-22)20-11-10-16-6-8-17(23-2)9-7-16/h4-9,13-14H,3,10-12,15H2,1-2H3,(H2,19,20,21). The molecule has 0 fully saturated rings. The number of methoxy groups -OCH3 is 1. The second-order valence-electron chi connectivity index (χ2n) is 5.21. The molecule has 0 saturated heterocycles. The van der Waals surface area contributed by atoms with Gasteiger partial charge in [-0.15, -0.1) is 0 Å². The number of aliphatic imine (C=N–C) groups is 1. The monoisotopic (exact) mass is 314 g/mol. The maximum absolute atomic E-state index is 5.17. The zero-order valence-electron chi connectivity index (χ0n) is 14.0. The smallest absolute Gasteiger partial charge is 0.191 e. The van der Waals surface area contributed by atoms with Crippen LogP contribution in [0.15, 0.2) is 53.8 Å². The second-order valence-corrected chi connectivity index (χ2v) is 5.21. The van der Waals surface area contributed by atoms with Crippen LogP contribution >= 0.6 is 0 Å². The first-order chi connectivity index (χ1) is 11.3. The van der Waals surface area contributed by atoms with Crippen molar-refractivity contribution in [1.29, 1.82) is 0 Å². The maximum Gasteiger partial charge on any atom is 0.191 e. The Hall–Kier alpha value is -2.43. The summed E-state index contributed by atoms with van der Waals surface area (Å²) >= 11 is 0. The van der Waals surface area contributed by atoms with Crippen molar-refractivity contribution in [3.63, 3.8) is 0 Å². The molecule has 0 aliphatic carbocycles. The van der Waals surface area contributed by atoms with Gasteiger partial charge in [0.05, 0.1) is 7.11 Å². The Morgan fingerprint density at radius 1 is 1.13 bits per heavy atom. The van der Waals surface area contributed by atoms with Crippen LogP contribution in [0.25, 0.3) is 0 Å². The van der Waals surface area contributed by atoms with Crippen LogP contribution in [0.2, 0.25) is 0 Å². The molecular weight excluding hydrogens is 288 g/mol. The molecule has 23 heavy (non-hydrogen) atoms. The van der Waals surface area contributed by atoms with Crippen molar-refractivity contribution in [1.82, 2.24) is 15.2 Å². The van der Waals surface area contributed by atoms with Gasteiger partial charge in [0.1, 0.15) is 5.75 Å². The molecule has 1 heterocycles. The average molecular weight is 314 g/mol. The van der Waals surface area contributed by atoms with Crippen LogP contribution in [0.3, 0.4) is 0 Å². The summed E-state index contributed by atoms with van der Waals surface area (Å²) in [6, 6.07) is 12.2. The third kappa shape index (κ3) is 6.06. The molecule has 0 radical (unpaired) electrons. The fourth-order valence-electron chi connectivity index (χ4n) is 2.25. The Labute approximate surface area is 138 Å². The zero-order valence-corrected chi connectivity index (χ0v) is 14.0. The van der Waals surface area contributed by atoms with E-state index < -0.39 is 0 Å². The van der Waals surface area contributed by atoms with Gasteiger partial charge in [0.15, 0.2) is 5.96 Å². The lowest BCUT2D eigenvalue weighted by atomic mass is 10.1. The average Bonchev–Trinajstić information content (AvgIpc) is 3.09. The van der Waals surface area contributed by atoms with Gasteiger partial charge in [0, 0.05) is 38.6 Å². The van der Waals surface area contributed by atoms with Crippen LogP contribution in [0.1, 0.15) is 12.5 Å². The molecule has 1 aromatic carbocycles. The van der Waals surface area contributed by atoms with E-state index in [1.807, 2.05) is 24.3 Å². The lowest BCUT2D eigenvalue weighted by Crippen LogP contribution is -2.39. The highest BCUT2D eigenvalue weighted by Gasteiger charge is 1.98. The van der Waals surface area contributed by atoms with E-state index in [0.717, 1.165) is 44.3 Å². The molecule has 0 saturated carbocycles. The molecule has 0 unspecified atom stereocenters. The highest BCUT2D eigenvalue weighted by molar-refractivity contribution is 5.79. The zero-order chi connectivity index (χ0) is 16.3. The molecule has 5 nitrogen and oxygen atoms in total. The molecule has 2 rings (SSSR count). The fourth-order valence-corrected chi connectivity index (χ4v) is 2.25. The minimum absolute atomic E-state index is 0.755. The van der Waals surface area contributed by atoms with Gasteiger partial charge in [-0.1, -0.05) is 12.1 Å². The van der Waals surface area contributed by atoms with Gasteiger partial charge < -0.3 is 19.9 Å². The summed E-state index contributed by atoms with van der Waals surface area (Å²) in [6.45, 7) is 5.47. The minimum atomic E-state index is 0.755. The maximum atomic E-state index is 5.17. The first kappa shape index (κ1) is 16.9. The summed E-state index contributed by atoms with van der Waals surface area (Å²) in [4.78, 5) is 4.62. The molecule has 0 aliphatic rings. The van der Waals surface area contributed by atoms with E-state index >= 15 is 0 Å². The minimum Gasteiger partial charge on any atom is -0.497 e. The number of hydrogen-bond acceptors (Lipinski definition) is 2. The van der Waals surface area contributed by atoms with Crippen molar-refractivity contribution < 1.29 is 4.74 Å². The van der Waals surface area contributed by atoms with Crippen LogP contribution in [0.5, 0.6) is 5.75 Å². The van der Waals surface area contributed by atoms with E-state index in [9.17, 15) is 0 Å². The lowest BCUT2D eigenvalue weighted by molar-refractivity contribution is 0.414. The number of aromatic nitrogens is 1. The number of nitrogens with zero attached hydrogens (tertiary/aromatic N) is 2. The van der Waals surface area contributed by atoms with Crippen LogP contribution in [-0.2, 0) is 13.0 Å². The van der Waals surface area contributed by atoms with E-state index in [1.165, 1.54) is 5.56 Å². The summed E-state index contributed by atoms with van der Waals surface area (Å²) in [6.07, 6.45) is 5.04. The molecule has 0 amide bonds.